The van der Waals surface area contributed by atoms with Crippen LogP contribution in [0.3, 0.4) is 0 Å². The zero-order valence-corrected chi connectivity index (χ0v) is 7.51. The molecule has 1 N–H and O–H groups in total. The Balaban J connectivity index is 3.15. The average Bonchev–Trinajstić information content (AvgIpc) is 2.14. The highest BCUT2D eigenvalue weighted by molar-refractivity contribution is 5.62. The first-order valence-electron chi connectivity index (χ1n) is 3.82. The van der Waals surface area contributed by atoms with E-state index >= 15 is 0 Å². The average molecular weight is 195 g/mol. The van der Waals surface area contributed by atoms with E-state index in [0.29, 0.717) is 5.56 Å². The second kappa shape index (κ2) is 4.27. The topological polar surface area (TPSA) is 72.6 Å². The molecular weight excluding hydrogens is 186 g/mol. The Morgan fingerprint density at radius 2 is 2.29 bits per heavy atom. The van der Waals surface area contributed by atoms with Crippen LogP contribution in [0.1, 0.15) is 5.56 Å². The number of phenols is 1. The first-order chi connectivity index (χ1) is 6.65. The summed E-state index contributed by atoms with van der Waals surface area (Å²) in [5.74, 6) is -0.0219. The molecule has 1 aromatic rings. The van der Waals surface area contributed by atoms with Crippen LogP contribution in [0.25, 0.3) is 6.08 Å². The second-order valence-corrected chi connectivity index (χ2v) is 2.54. The Morgan fingerprint density at radius 1 is 1.57 bits per heavy atom. The number of rotatable bonds is 3. The molecule has 0 fully saturated rings. The first-order valence-corrected chi connectivity index (χ1v) is 3.82. The second-order valence-electron chi connectivity index (χ2n) is 2.54. The quantitative estimate of drug-likeness (QED) is 0.454. The van der Waals surface area contributed by atoms with Gasteiger partial charge in [0.25, 0.3) is 5.69 Å². The summed E-state index contributed by atoms with van der Waals surface area (Å²) in [5, 5.41) is 19.7. The predicted molar refractivity (Wildman–Crippen MR) is 50.8 cm³/mol. The molecule has 5 heteroatoms. The molecule has 0 saturated carbocycles. The van der Waals surface area contributed by atoms with E-state index in [1.807, 2.05) is 0 Å². The minimum atomic E-state index is -0.519. The van der Waals surface area contributed by atoms with Crippen molar-refractivity contribution in [2.24, 2.45) is 0 Å². The normalized spacial score (nSPS) is 10.4. The third-order valence-corrected chi connectivity index (χ3v) is 1.59. The number of ether oxygens (including phenoxy) is 1. The van der Waals surface area contributed by atoms with Crippen LogP contribution in [0.2, 0.25) is 0 Å². The molecule has 0 aliphatic rings. The maximum Gasteiger partial charge on any atom is 0.276 e. The molecule has 0 unspecified atom stereocenters. The number of methoxy groups -OCH3 is 1. The van der Waals surface area contributed by atoms with Gasteiger partial charge in [0, 0.05) is 6.07 Å². The fourth-order valence-electron chi connectivity index (χ4n) is 0.983. The van der Waals surface area contributed by atoms with Crippen molar-refractivity contribution in [2.45, 2.75) is 0 Å². The summed E-state index contributed by atoms with van der Waals surface area (Å²) in [7, 11) is 1.44. The lowest BCUT2D eigenvalue weighted by molar-refractivity contribution is -0.385. The summed E-state index contributed by atoms with van der Waals surface area (Å²) >= 11 is 0. The number of hydrogen-bond donors (Lipinski definition) is 1. The molecule has 0 amide bonds. The maximum atomic E-state index is 10.5. The molecule has 1 aromatic carbocycles. The monoisotopic (exact) mass is 195 g/mol. The van der Waals surface area contributed by atoms with Gasteiger partial charge in [0.05, 0.1) is 23.9 Å². The molecule has 0 aromatic heterocycles. The van der Waals surface area contributed by atoms with Crippen molar-refractivity contribution in [3.63, 3.8) is 0 Å². The van der Waals surface area contributed by atoms with E-state index in [1.165, 1.54) is 37.6 Å². The minimum absolute atomic E-state index is 0.0219. The number of nitrogens with zero attached hydrogens (tertiary/aromatic N) is 1. The molecule has 74 valence electrons. The SMILES string of the molecule is COC=Cc1cc(O)ccc1[N+](=O)[O-]. The summed E-state index contributed by atoms with van der Waals surface area (Å²) in [6, 6.07) is 3.81. The van der Waals surface area contributed by atoms with Crippen LogP contribution in [0.15, 0.2) is 24.5 Å². The lowest BCUT2D eigenvalue weighted by Crippen LogP contribution is -1.90. The standard InChI is InChI=1S/C9H9NO4/c1-14-5-4-7-6-8(11)2-3-9(7)10(12)13/h2-6,11H,1H3. The van der Waals surface area contributed by atoms with Crippen molar-refractivity contribution in [3.05, 3.63) is 40.1 Å². The van der Waals surface area contributed by atoms with Crippen molar-refractivity contribution in [1.29, 1.82) is 0 Å². The third kappa shape index (κ3) is 2.22. The van der Waals surface area contributed by atoms with Gasteiger partial charge in [-0.15, -0.1) is 0 Å². The number of nitro benzene ring substituents is 1. The highest BCUT2D eigenvalue weighted by atomic mass is 16.6. The van der Waals surface area contributed by atoms with E-state index < -0.39 is 4.92 Å². The van der Waals surface area contributed by atoms with Crippen LogP contribution in [0, 0.1) is 10.1 Å². The van der Waals surface area contributed by atoms with Crippen molar-refractivity contribution in [2.75, 3.05) is 7.11 Å². The molecule has 14 heavy (non-hydrogen) atoms. The van der Waals surface area contributed by atoms with E-state index in [1.54, 1.807) is 0 Å². The van der Waals surface area contributed by atoms with Crippen LogP contribution >= 0.6 is 0 Å². The number of aromatic hydroxyl groups is 1. The lowest BCUT2D eigenvalue weighted by Gasteiger charge is -1.98. The van der Waals surface area contributed by atoms with Gasteiger partial charge in [-0.3, -0.25) is 10.1 Å². The molecule has 0 aliphatic heterocycles. The number of nitro groups is 1. The Labute approximate surface area is 80.4 Å². The third-order valence-electron chi connectivity index (χ3n) is 1.59. The molecule has 0 atom stereocenters. The van der Waals surface area contributed by atoms with Gasteiger partial charge in [-0.25, -0.2) is 0 Å². The van der Waals surface area contributed by atoms with Crippen LogP contribution in [-0.2, 0) is 4.74 Å². The van der Waals surface area contributed by atoms with Gasteiger partial charge in [-0.2, -0.15) is 0 Å². The van der Waals surface area contributed by atoms with E-state index in [0.717, 1.165) is 0 Å². The van der Waals surface area contributed by atoms with Crippen LogP contribution < -0.4 is 0 Å². The molecule has 0 radical (unpaired) electrons. The fraction of sp³-hybridized carbons (Fsp3) is 0.111. The number of hydrogen-bond acceptors (Lipinski definition) is 4. The summed E-state index contributed by atoms with van der Waals surface area (Å²) < 4.78 is 4.64. The summed E-state index contributed by atoms with van der Waals surface area (Å²) in [5.41, 5.74) is 0.230. The van der Waals surface area contributed by atoms with Gasteiger partial charge in [0.1, 0.15) is 5.75 Å². The van der Waals surface area contributed by atoms with E-state index in [-0.39, 0.29) is 11.4 Å². The lowest BCUT2D eigenvalue weighted by atomic mass is 10.1. The Bertz CT molecular complexity index is 373. The highest BCUT2D eigenvalue weighted by Crippen LogP contribution is 2.24. The molecule has 1 rings (SSSR count). The molecule has 0 bridgehead atoms. The smallest absolute Gasteiger partial charge is 0.276 e. The van der Waals surface area contributed by atoms with Gasteiger partial charge >= 0.3 is 0 Å². The van der Waals surface area contributed by atoms with Gasteiger partial charge < -0.3 is 9.84 Å². The van der Waals surface area contributed by atoms with Crippen LogP contribution in [-0.4, -0.2) is 17.1 Å². The van der Waals surface area contributed by atoms with E-state index in [2.05, 4.69) is 4.74 Å². The van der Waals surface area contributed by atoms with Crippen molar-refractivity contribution in [3.8, 4) is 5.75 Å². The van der Waals surface area contributed by atoms with Gasteiger partial charge in [0.2, 0.25) is 0 Å². The molecule has 0 spiro atoms. The summed E-state index contributed by atoms with van der Waals surface area (Å²) in [6.45, 7) is 0. The maximum absolute atomic E-state index is 10.5. The Hall–Kier alpha value is -2.04. The first kappa shape index (κ1) is 10.0. The van der Waals surface area contributed by atoms with Gasteiger partial charge in [-0.1, -0.05) is 0 Å². The zero-order valence-electron chi connectivity index (χ0n) is 7.51. The zero-order chi connectivity index (χ0) is 10.6. The summed E-state index contributed by atoms with van der Waals surface area (Å²) in [4.78, 5) is 10.0. The molecule has 0 aliphatic carbocycles. The summed E-state index contributed by atoms with van der Waals surface area (Å²) in [6.07, 6.45) is 2.72. The molecule has 0 saturated heterocycles. The van der Waals surface area contributed by atoms with Gasteiger partial charge in [0.15, 0.2) is 0 Å². The molecular formula is C9H9NO4. The largest absolute Gasteiger partial charge is 0.508 e. The Kier molecular flexibility index (Phi) is 3.06. The van der Waals surface area contributed by atoms with Crippen LogP contribution in [0.5, 0.6) is 5.75 Å². The van der Waals surface area contributed by atoms with E-state index in [4.69, 9.17) is 5.11 Å². The minimum Gasteiger partial charge on any atom is -0.508 e. The van der Waals surface area contributed by atoms with Crippen molar-refractivity contribution < 1.29 is 14.8 Å². The Morgan fingerprint density at radius 3 is 2.86 bits per heavy atom. The highest BCUT2D eigenvalue weighted by Gasteiger charge is 2.11. The van der Waals surface area contributed by atoms with Crippen LogP contribution in [0.4, 0.5) is 5.69 Å². The fourth-order valence-corrected chi connectivity index (χ4v) is 0.983. The van der Waals surface area contributed by atoms with Gasteiger partial charge in [-0.05, 0) is 18.2 Å². The number of phenolic OH excluding ortho intramolecular Hbond substituents is 1. The molecule has 0 heterocycles. The van der Waals surface area contributed by atoms with E-state index in [9.17, 15) is 10.1 Å². The van der Waals surface area contributed by atoms with Crippen molar-refractivity contribution >= 4 is 11.8 Å². The molecule has 5 nitrogen and oxygen atoms in total. The van der Waals surface area contributed by atoms with Crippen molar-refractivity contribution in [1.82, 2.24) is 0 Å². The predicted octanol–water partition coefficient (Wildman–Crippen LogP) is 1.92. The number of benzene rings is 1.